The molecule has 0 aliphatic rings. The third-order valence-electron chi connectivity index (χ3n) is 4.32. The van der Waals surface area contributed by atoms with E-state index in [0.29, 0.717) is 6.42 Å². The number of rotatable bonds is 9. The van der Waals surface area contributed by atoms with Gasteiger partial charge in [-0.1, -0.05) is 42.5 Å². The molecule has 0 spiro atoms. The van der Waals surface area contributed by atoms with Crippen LogP contribution in [0.1, 0.15) is 44.7 Å². The first-order valence-electron chi connectivity index (χ1n) is 8.75. The molecule has 1 unspecified atom stereocenters. The number of halogens is 2. The molecule has 0 radical (unpaired) electrons. The Morgan fingerprint density at radius 3 is 2.36 bits per heavy atom. The molecule has 0 saturated heterocycles. The van der Waals surface area contributed by atoms with Crippen molar-refractivity contribution < 1.29 is 13.5 Å². The number of nitrogens with one attached hydrogen (secondary N) is 1. The number of benzene rings is 2. The van der Waals surface area contributed by atoms with Crippen molar-refractivity contribution in [3.05, 3.63) is 54.1 Å². The fraction of sp³-hybridized carbons (Fsp3) is 0.429. The van der Waals surface area contributed by atoms with Crippen LogP contribution in [0, 0.1) is 0 Å². The topological polar surface area (TPSA) is 21.3 Å². The summed E-state index contributed by atoms with van der Waals surface area (Å²) < 4.78 is 31.0. The van der Waals surface area contributed by atoms with Crippen LogP contribution in [0.15, 0.2) is 48.5 Å². The summed E-state index contributed by atoms with van der Waals surface area (Å²) in [6.45, 7) is 3.81. The van der Waals surface area contributed by atoms with Crippen molar-refractivity contribution in [1.29, 1.82) is 0 Å². The normalized spacial score (nSPS) is 12.8. The minimum Gasteiger partial charge on any atom is -0.496 e. The molecule has 0 heterocycles. The lowest BCUT2D eigenvalue weighted by atomic mass is 10.0. The maximum atomic E-state index is 12.8. The van der Waals surface area contributed by atoms with E-state index in [-0.39, 0.29) is 12.5 Å². The molecule has 4 heteroatoms. The lowest BCUT2D eigenvalue weighted by molar-refractivity contribution is 0.0105. The molecule has 1 N–H and O–H groups in total. The Morgan fingerprint density at radius 2 is 1.72 bits per heavy atom. The van der Waals surface area contributed by atoms with Crippen molar-refractivity contribution in [3.63, 3.8) is 0 Å². The lowest BCUT2D eigenvalue weighted by Gasteiger charge is -2.16. The molecule has 2 nitrogen and oxygen atoms in total. The highest BCUT2D eigenvalue weighted by molar-refractivity contribution is 5.70. The van der Waals surface area contributed by atoms with Gasteiger partial charge in [0.05, 0.1) is 7.11 Å². The monoisotopic (exact) mass is 347 g/mol. The number of alkyl halides is 2. The van der Waals surface area contributed by atoms with Gasteiger partial charge in [0.1, 0.15) is 5.75 Å². The summed E-state index contributed by atoms with van der Waals surface area (Å²) in [6, 6.07) is 16.5. The molecule has 2 rings (SSSR count). The lowest BCUT2D eigenvalue weighted by Crippen LogP contribution is -2.20. The Morgan fingerprint density at radius 1 is 1.04 bits per heavy atom. The van der Waals surface area contributed by atoms with Gasteiger partial charge in [0.25, 0.3) is 0 Å². The van der Waals surface area contributed by atoms with Gasteiger partial charge in [-0.3, -0.25) is 0 Å². The zero-order chi connectivity index (χ0) is 18.3. The van der Waals surface area contributed by atoms with E-state index in [9.17, 15) is 8.78 Å². The van der Waals surface area contributed by atoms with Crippen LogP contribution in [0.2, 0.25) is 0 Å². The second kappa shape index (κ2) is 8.95. The molecule has 2 aromatic rings. The molecule has 2 aromatic carbocycles. The van der Waals surface area contributed by atoms with E-state index >= 15 is 0 Å². The first kappa shape index (κ1) is 19.4. The molecule has 0 saturated carbocycles. The highest BCUT2D eigenvalue weighted by Crippen LogP contribution is 2.30. The molecular formula is C21H27F2NO. The third kappa shape index (κ3) is 6.13. The van der Waals surface area contributed by atoms with Gasteiger partial charge < -0.3 is 10.1 Å². The Balaban J connectivity index is 1.89. The summed E-state index contributed by atoms with van der Waals surface area (Å²) in [7, 11) is 1.67. The van der Waals surface area contributed by atoms with Crippen LogP contribution < -0.4 is 10.1 Å². The van der Waals surface area contributed by atoms with Gasteiger partial charge in [-0.05, 0) is 50.4 Å². The van der Waals surface area contributed by atoms with Crippen molar-refractivity contribution >= 4 is 0 Å². The van der Waals surface area contributed by atoms with Crippen LogP contribution in [0.25, 0.3) is 11.1 Å². The number of hydrogen-bond donors (Lipinski definition) is 1. The Kier molecular flexibility index (Phi) is 6.94. The number of methoxy groups -OCH3 is 1. The van der Waals surface area contributed by atoms with Crippen LogP contribution in [0.4, 0.5) is 8.78 Å². The van der Waals surface area contributed by atoms with Crippen molar-refractivity contribution in [2.75, 3.05) is 13.7 Å². The first-order chi connectivity index (χ1) is 11.9. The summed E-state index contributed by atoms with van der Waals surface area (Å²) in [4.78, 5) is 0. The van der Waals surface area contributed by atoms with Crippen LogP contribution in [-0.4, -0.2) is 19.6 Å². The van der Waals surface area contributed by atoms with Crippen LogP contribution in [-0.2, 0) is 0 Å². The average Bonchev–Trinajstić information content (AvgIpc) is 2.60. The Labute approximate surface area is 149 Å². The van der Waals surface area contributed by atoms with Gasteiger partial charge in [0.2, 0.25) is 5.92 Å². The predicted octanol–water partition coefficient (Wildman–Crippen LogP) is 5.84. The first-order valence-corrected chi connectivity index (χ1v) is 8.75. The van der Waals surface area contributed by atoms with Crippen molar-refractivity contribution in [2.45, 2.75) is 45.1 Å². The number of unbranched alkanes of at least 4 members (excludes halogenated alkanes) is 1. The summed E-state index contributed by atoms with van der Waals surface area (Å²) in [5, 5.41) is 3.40. The zero-order valence-corrected chi connectivity index (χ0v) is 15.2. The number of hydrogen-bond acceptors (Lipinski definition) is 2. The van der Waals surface area contributed by atoms with Crippen LogP contribution in [0.3, 0.4) is 0 Å². The van der Waals surface area contributed by atoms with Gasteiger partial charge in [0, 0.05) is 18.0 Å². The van der Waals surface area contributed by atoms with Gasteiger partial charge in [0.15, 0.2) is 0 Å². The van der Waals surface area contributed by atoms with E-state index < -0.39 is 5.92 Å². The maximum absolute atomic E-state index is 12.8. The molecule has 0 bridgehead atoms. The molecule has 0 aliphatic carbocycles. The van der Waals surface area contributed by atoms with Crippen LogP contribution in [0.5, 0.6) is 5.75 Å². The summed E-state index contributed by atoms with van der Waals surface area (Å²) in [6.07, 6.45) is 1.25. The minimum atomic E-state index is -2.56. The van der Waals surface area contributed by atoms with E-state index in [1.54, 1.807) is 7.11 Å². The molecular weight excluding hydrogens is 320 g/mol. The van der Waals surface area contributed by atoms with E-state index in [2.05, 4.69) is 36.5 Å². The largest absolute Gasteiger partial charge is 0.496 e. The molecule has 0 amide bonds. The third-order valence-corrected chi connectivity index (χ3v) is 4.32. The number of para-hydroxylation sites is 1. The van der Waals surface area contributed by atoms with Gasteiger partial charge in [-0.15, -0.1) is 0 Å². The van der Waals surface area contributed by atoms with E-state index in [1.165, 1.54) is 5.56 Å². The summed E-state index contributed by atoms with van der Waals surface area (Å²) >= 11 is 0. The standard InChI is InChI=1S/C21H27F2NO/c1-16(24-15-7-6-14-21(2,22)23)17-10-12-18(13-11-17)19-8-4-5-9-20(19)25-3/h4-5,8-13,16,24H,6-7,14-15H2,1-3H3. The van der Waals surface area contributed by atoms with Crippen LogP contribution >= 0.6 is 0 Å². The van der Waals surface area contributed by atoms with Gasteiger partial charge >= 0.3 is 0 Å². The number of ether oxygens (including phenoxy) is 1. The highest BCUT2D eigenvalue weighted by Gasteiger charge is 2.19. The molecule has 0 aliphatic heterocycles. The van der Waals surface area contributed by atoms with Crippen molar-refractivity contribution in [2.24, 2.45) is 0 Å². The highest BCUT2D eigenvalue weighted by atomic mass is 19.3. The Bertz CT molecular complexity index is 650. The quantitative estimate of drug-likeness (QED) is 0.576. The molecule has 0 aromatic heterocycles. The van der Waals surface area contributed by atoms with E-state index in [0.717, 1.165) is 36.8 Å². The van der Waals surface area contributed by atoms with Crippen molar-refractivity contribution in [1.82, 2.24) is 5.32 Å². The van der Waals surface area contributed by atoms with E-state index in [4.69, 9.17) is 4.74 Å². The van der Waals surface area contributed by atoms with Gasteiger partial charge in [-0.2, -0.15) is 0 Å². The van der Waals surface area contributed by atoms with Gasteiger partial charge in [-0.25, -0.2) is 8.78 Å². The van der Waals surface area contributed by atoms with E-state index in [1.807, 2.05) is 24.3 Å². The summed E-state index contributed by atoms with van der Waals surface area (Å²) in [5.41, 5.74) is 3.36. The fourth-order valence-electron chi connectivity index (χ4n) is 2.83. The van der Waals surface area contributed by atoms with Crippen molar-refractivity contribution in [3.8, 4) is 16.9 Å². The maximum Gasteiger partial charge on any atom is 0.245 e. The second-order valence-corrected chi connectivity index (χ2v) is 6.53. The molecule has 0 fully saturated rings. The summed E-state index contributed by atoms with van der Waals surface area (Å²) in [5.74, 6) is -1.70. The molecule has 136 valence electrons. The fourth-order valence-corrected chi connectivity index (χ4v) is 2.83. The SMILES string of the molecule is COc1ccccc1-c1ccc(C(C)NCCCCC(C)(F)F)cc1. The predicted molar refractivity (Wildman–Crippen MR) is 99.3 cm³/mol. The molecule has 25 heavy (non-hydrogen) atoms. The molecule has 1 atom stereocenters. The zero-order valence-electron chi connectivity index (χ0n) is 15.2. The smallest absolute Gasteiger partial charge is 0.245 e. The second-order valence-electron chi connectivity index (χ2n) is 6.53. The minimum absolute atomic E-state index is 0.0450. The Hall–Kier alpha value is -1.94. The average molecular weight is 347 g/mol.